The maximum Gasteiger partial charge on any atom is 0.416 e. The fourth-order valence-corrected chi connectivity index (χ4v) is 4.75. The average molecular weight is 532 g/mol. The fraction of sp³-hybridized carbons (Fsp3) is 0.136. The number of carbonyl (C=O) groups is 1. The first-order valence-corrected chi connectivity index (χ1v) is 11.9. The molecule has 34 heavy (non-hydrogen) atoms. The highest BCUT2D eigenvalue weighted by molar-refractivity contribution is 7.92. The Hall–Kier alpha value is -2.95. The second-order valence-electron chi connectivity index (χ2n) is 6.97. The topological polar surface area (TPSA) is 78.5 Å². The first-order chi connectivity index (χ1) is 16.0. The second kappa shape index (κ2) is 10.5. The standard InChI is InChI=1S/C22H18Cl2F3N3O3S/c23-16-7-9-20(10-8-16)34(32,33)30(19-6-1-3-15(13-19)22(25,26)27)12-11-28-21(31)29-18-5-2-4-17(24)14-18/h1-10,13-14H,11-12H2,(H2,28,29,31). The quantitative estimate of drug-likeness (QED) is 0.390. The summed E-state index contributed by atoms with van der Waals surface area (Å²) in [6, 6.07) is 14.9. The Bertz CT molecular complexity index is 1270. The summed E-state index contributed by atoms with van der Waals surface area (Å²) < 4.78 is 67.0. The van der Waals surface area contributed by atoms with E-state index in [2.05, 4.69) is 10.6 Å². The maximum absolute atomic E-state index is 13.3. The molecule has 0 atom stereocenters. The molecule has 2 N–H and O–H groups in total. The van der Waals surface area contributed by atoms with Crippen LogP contribution in [-0.4, -0.2) is 27.5 Å². The third-order valence-electron chi connectivity index (χ3n) is 4.55. The van der Waals surface area contributed by atoms with Crippen molar-refractivity contribution in [1.82, 2.24) is 5.32 Å². The van der Waals surface area contributed by atoms with Gasteiger partial charge in [-0.3, -0.25) is 4.31 Å². The van der Waals surface area contributed by atoms with E-state index in [1.54, 1.807) is 18.2 Å². The maximum atomic E-state index is 13.3. The van der Waals surface area contributed by atoms with E-state index in [0.717, 1.165) is 22.5 Å². The minimum absolute atomic E-state index is 0.169. The second-order valence-corrected chi connectivity index (χ2v) is 9.71. The van der Waals surface area contributed by atoms with Crippen molar-refractivity contribution >= 4 is 50.6 Å². The van der Waals surface area contributed by atoms with Crippen LogP contribution < -0.4 is 14.9 Å². The lowest BCUT2D eigenvalue weighted by Crippen LogP contribution is -2.40. The molecule has 3 aromatic carbocycles. The van der Waals surface area contributed by atoms with Gasteiger partial charge in [-0.15, -0.1) is 0 Å². The summed E-state index contributed by atoms with van der Waals surface area (Å²) in [5, 5.41) is 5.72. The number of amides is 2. The largest absolute Gasteiger partial charge is 0.416 e. The number of urea groups is 1. The summed E-state index contributed by atoms with van der Waals surface area (Å²) in [6.45, 7) is -0.537. The monoisotopic (exact) mass is 531 g/mol. The van der Waals surface area contributed by atoms with Gasteiger partial charge in [0.15, 0.2) is 0 Å². The van der Waals surface area contributed by atoms with E-state index >= 15 is 0 Å². The van der Waals surface area contributed by atoms with Crippen LogP contribution in [0.1, 0.15) is 5.56 Å². The van der Waals surface area contributed by atoms with E-state index in [1.165, 1.54) is 36.4 Å². The Morgan fingerprint density at radius 2 is 1.59 bits per heavy atom. The molecule has 180 valence electrons. The number of anilines is 2. The van der Waals surface area contributed by atoms with Crippen LogP contribution in [0.5, 0.6) is 0 Å². The molecule has 0 bridgehead atoms. The van der Waals surface area contributed by atoms with Crippen molar-refractivity contribution in [1.29, 1.82) is 0 Å². The van der Waals surface area contributed by atoms with Crippen molar-refractivity contribution in [3.63, 3.8) is 0 Å². The van der Waals surface area contributed by atoms with Gasteiger partial charge >= 0.3 is 12.2 Å². The number of sulfonamides is 1. The van der Waals surface area contributed by atoms with Crippen molar-refractivity contribution in [2.45, 2.75) is 11.1 Å². The van der Waals surface area contributed by atoms with Gasteiger partial charge in [-0.25, -0.2) is 13.2 Å². The zero-order valence-electron chi connectivity index (χ0n) is 17.3. The van der Waals surface area contributed by atoms with E-state index in [0.29, 0.717) is 15.7 Å². The Kier molecular flexibility index (Phi) is 7.96. The zero-order valence-corrected chi connectivity index (χ0v) is 19.6. The Morgan fingerprint density at radius 3 is 2.24 bits per heavy atom. The Balaban J connectivity index is 1.83. The van der Waals surface area contributed by atoms with Crippen LogP contribution in [0.2, 0.25) is 10.0 Å². The van der Waals surface area contributed by atoms with E-state index in [9.17, 15) is 26.4 Å². The van der Waals surface area contributed by atoms with Crippen LogP contribution in [0.15, 0.2) is 77.7 Å². The number of alkyl halides is 3. The molecule has 3 rings (SSSR count). The molecule has 0 aliphatic carbocycles. The smallest absolute Gasteiger partial charge is 0.336 e. The molecular weight excluding hydrogens is 514 g/mol. The molecule has 6 nitrogen and oxygen atoms in total. The first-order valence-electron chi connectivity index (χ1n) is 9.73. The number of carbonyl (C=O) groups excluding carboxylic acids is 1. The molecule has 0 saturated heterocycles. The number of nitrogens with zero attached hydrogens (tertiary/aromatic N) is 1. The van der Waals surface area contributed by atoms with Crippen molar-refractivity contribution in [2.24, 2.45) is 0 Å². The van der Waals surface area contributed by atoms with Crippen LogP contribution in [0.3, 0.4) is 0 Å². The van der Waals surface area contributed by atoms with Gasteiger partial charge in [-0.1, -0.05) is 35.3 Å². The number of hydrogen-bond donors (Lipinski definition) is 2. The lowest BCUT2D eigenvalue weighted by Gasteiger charge is -2.25. The molecule has 12 heteroatoms. The number of nitrogens with one attached hydrogen (secondary N) is 2. The van der Waals surface area contributed by atoms with Gasteiger partial charge in [0.1, 0.15) is 0 Å². The lowest BCUT2D eigenvalue weighted by atomic mass is 10.2. The highest BCUT2D eigenvalue weighted by Gasteiger charge is 2.32. The summed E-state index contributed by atoms with van der Waals surface area (Å²) in [4.78, 5) is 12.0. The minimum atomic E-state index is -4.67. The van der Waals surface area contributed by atoms with Gasteiger partial charge in [0, 0.05) is 22.3 Å². The molecule has 0 aromatic heterocycles. The highest BCUT2D eigenvalue weighted by atomic mass is 35.5. The first kappa shape index (κ1) is 25.7. The van der Waals surface area contributed by atoms with Gasteiger partial charge in [0.2, 0.25) is 0 Å². The van der Waals surface area contributed by atoms with Crippen molar-refractivity contribution in [2.75, 3.05) is 22.7 Å². The molecular formula is C22H18Cl2F3N3O3S. The lowest BCUT2D eigenvalue weighted by molar-refractivity contribution is -0.137. The molecule has 0 aliphatic heterocycles. The molecule has 0 spiro atoms. The highest BCUT2D eigenvalue weighted by Crippen LogP contribution is 2.33. The summed E-state index contributed by atoms with van der Waals surface area (Å²) >= 11 is 11.7. The SMILES string of the molecule is O=C(NCCN(c1cccc(C(F)(F)F)c1)S(=O)(=O)c1ccc(Cl)cc1)Nc1cccc(Cl)c1. The molecule has 0 aliphatic rings. The van der Waals surface area contributed by atoms with E-state index in [1.807, 2.05) is 0 Å². The van der Waals surface area contributed by atoms with Gasteiger partial charge in [0.05, 0.1) is 22.7 Å². The third-order valence-corrected chi connectivity index (χ3v) is 6.87. The predicted octanol–water partition coefficient (Wildman–Crippen LogP) is 6.03. The zero-order chi connectivity index (χ0) is 24.9. The van der Waals surface area contributed by atoms with Gasteiger partial charge < -0.3 is 10.6 Å². The summed E-state index contributed by atoms with van der Waals surface area (Å²) in [5.41, 5.74) is -0.802. The van der Waals surface area contributed by atoms with Crippen molar-refractivity contribution in [3.05, 3.63) is 88.4 Å². The molecule has 0 radical (unpaired) electrons. The van der Waals surface area contributed by atoms with E-state index in [4.69, 9.17) is 23.2 Å². The fourth-order valence-electron chi connectivity index (χ4n) is 2.97. The molecule has 3 aromatic rings. The minimum Gasteiger partial charge on any atom is -0.336 e. The normalized spacial score (nSPS) is 11.7. The number of hydrogen-bond acceptors (Lipinski definition) is 3. The van der Waals surface area contributed by atoms with Crippen LogP contribution >= 0.6 is 23.2 Å². The van der Waals surface area contributed by atoms with Crippen LogP contribution in [0.4, 0.5) is 29.3 Å². The molecule has 0 heterocycles. The number of benzene rings is 3. The van der Waals surface area contributed by atoms with Crippen LogP contribution in [0.25, 0.3) is 0 Å². The van der Waals surface area contributed by atoms with Crippen molar-refractivity contribution < 1.29 is 26.4 Å². The van der Waals surface area contributed by atoms with Crippen LogP contribution in [-0.2, 0) is 16.2 Å². The predicted molar refractivity (Wildman–Crippen MR) is 126 cm³/mol. The molecule has 2 amide bonds. The average Bonchev–Trinajstić information content (AvgIpc) is 2.76. The van der Waals surface area contributed by atoms with Gasteiger partial charge in [0.25, 0.3) is 10.0 Å². The Morgan fingerprint density at radius 1 is 0.912 bits per heavy atom. The molecule has 0 unspecified atom stereocenters. The number of rotatable bonds is 7. The summed E-state index contributed by atoms with van der Waals surface area (Å²) in [6.07, 6.45) is -4.67. The summed E-state index contributed by atoms with van der Waals surface area (Å²) in [5.74, 6) is 0. The Labute approximate surface area is 204 Å². The van der Waals surface area contributed by atoms with Gasteiger partial charge in [-0.2, -0.15) is 13.2 Å². The van der Waals surface area contributed by atoms with Crippen molar-refractivity contribution in [3.8, 4) is 0 Å². The molecule has 0 fully saturated rings. The van der Waals surface area contributed by atoms with Crippen LogP contribution in [0, 0.1) is 0 Å². The van der Waals surface area contributed by atoms with Gasteiger partial charge in [-0.05, 0) is 60.7 Å². The summed E-state index contributed by atoms with van der Waals surface area (Å²) in [7, 11) is -4.28. The van der Waals surface area contributed by atoms with E-state index in [-0.39, 0.29) is 23.7 Å². The molecule has 0 saturated carbocycles. The third kappa shape index (κ3) is 6.55. The number of halogens is 5. The van der Waals surface area contributed by atoms with E-state index < -0.39 is 27.8 Å².